The highest BCUT2D eigenvalue weighted by molar-refractivity contribution is 7.80. The van der Waals surface area contributed by atoms with Crippen molar-refractivity contribution in [2.24, 2.45) is 11.5 Å². The SMILES string of the molecule is NC(=O)CCC(NC(=O)C(CS)NC(=O)C(N)Cc1ccccc1)C(=O)NCC(=O)O. The summed E-state index contributed by atoms with van der Waals surface area (Å²) in [6.45, 7) is -0.664. The fourth-order valence-corrected chi connectivity index (χ4v) is 2.80. The predicted molar refractivity (Wildman–Crippen MR) is 115 cm³/mol. The molecule has 0 bridgehead atoms. The van der Waals surface area contributed by atoms with Crippen LogP contribution in [0, 0.1) is 0 Å². The summed E-state index contributed by atoms with van der Waals surface area (Å²) in [5.41, 5.74) is 11.8. The Balaban J connectivity index is 2.74. The zero-order valence-electron chi connectivity index (χ0n) is 16.7. The van der Waals surface area contributed by atoms with Crippen molar-refractivity contribution in [3.8, 4) is 0 Å². The second kappa shape index (κ2) is 13.2. The minimum Gasteiger partial charge on any atom is -0.480 e. The Kier molecular flexibility index (Phi) is 11.1. The van der Waals surface area contributed by atoms with Crippen molar-refractivity contribution in [3.05, 3.63) is 35.9 Å². The van der Waals surface area contributed by atoms with Crippen LogP contribution in [0.4, 0.5) is 0 Å². The summed E-state index contributed by atoms with van der Waals surface area (Å²) in [5, 5.41) is 15.7. The first kappa shape index (κ1) is 25.9. The number of hydrogen-bond donors (Lipinski definition) is 7. The molecule has 3 atom stereocenters. The second-order valence-corrected chi connectivity index (χ2v) is 7.08. The van der Waals surface area contributed by atoms with E-state index in [1.807, 2.05) is 30.3 Å². The summed E-state index contributed by atoms with van der Waals surface area (Å²) < 4.78 is 0. The van der Waals surface area contributed by atoms with E-state index in [1.165, 1.54) is 0 Å². The summed E-state index contributed by atoms with van der Waals surface area (Å²) in [4.78, 5) is 58.8. The van der Waals surface area contributed by atoms with Crippen LogP contribution >= 0.6 is 12.6 Å². The zero-order valence-corrected chi connectivity index (χ0v) is 17.6. The van der Waals surface area contributed by atoms with E-state index in [2.05, 4.69) is 28.6 Å². The number of amides is 4. The fraction of sp³-hybridized carbons (Fsp3) is 0.421. The average Bonchev–Trinajstić information content (AvgIpc) is 2.73. The average molecular weight is 454 g/mol. The van der Waals surface area contributed by atoms with E-state index in [1.54, 1.807) is 0 Å². The molecule has 0 heterocycles. The molecule has 0 fully saturated rings. The molecular weight excluding hydrogens is 426 g/mol. The minimum absolute atomic E-state index is 0.0884. The van der Waals surface area contributed by atoms with Crippen LogP contribution in [0.3, 0.4) is 0 Å². The second-order valence-electron chi connectivity index (χ2n) is 6.72. The minimum atomic E-state index is -1.28. The molecule has 1 aromatic rings. The summed E-state index contributed by atoms with van der Waals surface area (Å²) in [5.74, 6) is -4.19. The van der Waals surface area contributed by atoms with Crippen molar-refractivity contribution in [2.75, 3.05) is 12.3 Å². The Bertz CT molecular complexity index is 791. The Morgan fingerprint density at radius 3 is 2.13 bits per heavy atom. The van der Waals surface area contributed by atoms with Crippen LogP contribution in [0.2, 0.25) is 0 Å². The molecule has 1 aromatic carbocycles. The molecule has 0 aliphatic rings. The normalized spacial score (nSPS) is 13.4. The van der Waals surface area contributed by atoms with E-state index in [4.69, 9.17) is 16.6 Å². The molecule has 3 unspecified atom stereocenters. The first-order chi connectivity index (χ1) is 14.6. The lowest BCUT2D eigenvalue weighted by Crippen LogP contribution is -2.57. The first-order valence-corrected chi connectivity index (χ1v) is 10.1. The van der Waals surface area contributed by atoms with Crippen LogP contribution in [0.25, 0.3) is 0 Å². The van der Waals surface area contributed by atoms with Gasteiger partial charge in [0.05, 0.1) is 6.04 Å². The van der Waals surface area contributed by atoms with Crippen LogP contribution in [0.5, 0.6) is 0 Å². The van der Waals surface area contributed by atoms with Gasteiger partial charge in [-0.15, -0.1) is 0 Å². The summed E-state index contributed by atoms with van der Waals surface area (Å²) in [7, 11) is 0. The van der Waals surface area contributed by atoms with Gasteiger partial charge < -0.3 is 32.5 Å². The van der Waals surface area contributed by atoms with Gasteiger partial charge in [0.1, 0.15) is 18.6 Å². The van der Waals surface area contributed by atoms with Crippen molar-refractivity contribution < 1.29 is 29.1 Å². The predicted octanol–water partition coefficient (Wildman–Crippen LogP) is -2.08. The number of rotatable bonds is 13. The molecular formula is C19H27N5O6S. The highest BCUT2D eigenvalue weighted by atomic mass is 32.1. The third-order valence-electron chi connectivity index (χ3n) is 4.18. The number of primary amides is 1. The number of carboxylic acids is 1. The Morgan fingerprint density at radius 1 is 0.968 bits per heavy atom. The number of benzene rings is 1. The van der Waals surface area contributed by atoms with E-state index in [0.29, 0.717) is 0 Å². The summed E-state index contributed by atoms with van der Waals surface area (Å²) in [6, 6.07) is 5.83. The van der Waals surface area contributed by atoms with Crippen molar-refractivity contribution in [1.82, 2.24) is 16.0 Å². The molecule has 31 heavy (non-hydrogen) atoms. The van der Waals surface area contributed by atoms with Gasteiger partial charge in [-0.1, -0.05) is 30.3 Å². The molecule has 0 radical (unpaired) electrons. The Labute approximate surface area is 184 Å². The highest BCUT2D eigenvalue weighted by Gasteiger charge is 2.27. The van der Waals surface area contributed by atoms with E-state index < -0.39 is 54.3 Å². The van der Waals surface area contributed by atoms with E-state index >= 15 is 0 Å². The van der Waals surface area contributed by atoms with Crippen molar-refractivity contribution in [1.29, 1.82) is 0 Å². The number of aliphatic carboxylic acids is 1. The zero-order chi connectivity index (χ0) is 23.4. The maximum Gasteiger partial charge on any atom is 0.322 e. The Morgan fingerprint density at radius 2 is 1.58 bits per heavy atom. The van der Waals surface area contributed by atoms with Crippen molar-refractivity contribution in [2.45, 2.75) is 37.4 Å². The third-order valence-corrected chi connectivity index (χ3v) is 4.54. The molecule has 170 valence electrons. The van der Waals surface area contributed by atoms with E-state index in [9.17, 15) is 24.0 Å². The van der Waals surface area contributed by atoms with Gasteiger partial charge in [0.2, 0.25) is 23.6 Å². The van der Waals surface area contributed by atoms with Crippen LogP contribution in [-0.4, -0.2) is 65.1 Å². The van der Waals surface area contributed by atoms with Crippen LogP contribution in [-0.2, 0) is 30.4 Å². The fourth-order valence-electron chi connectivity index (χ4n) is 2.55. The van der Waals surface area contributed by atoms with Gasteiger partial charge in [0.25, 0.3) is 0 Å². The molecule has 0 aliphatic heterocycles. The van der Waals surface area contributed by atoms with Gasteiger partial charge in [0, 0.05) is 12.2 Å². The molecule has 0 spiro atoms. The number of hydrogen-bond acceptors (Lipinski definition) is 7. The van der Waals surface area contributed by atoms with Crippen LogP contribution < -0.4 is 27.4 Å². The van der Waals surface area contributed by atoms with Gasteiger partial charge in [-0.3, -0.25) is 24.0 Å². The molecule has 12 heteroatoms. The lowest BCUT2D eigenvalue weighted by molar-refractivity contribution is -0.138. The maximum atomic E-state index is 12.6. The number of thiol groups is 1. The number of nitrogens with two attached hydrogens (primary N) is 2. The quantitative estimate of drug-likeness (QED) is 0.166. The first-order valence-electron chi connectivity index (χ1n) is 9.43. The highest BCUT2D eigenvalue weighted by Crippen LogP contribution is 2.03. The molecule has 4 amide bonds. The molecule has 8 N–H and O–H groups in total. The number of carboxylic acid groups (broad SMARTS) is 1. The van der Waals surface area contributed by atoms with E-state index in [-0.39, 0.29) is 25.0 Å². The Hall–Kier alpha value is -3.12. The lowest BCUT2D eigenvalue weighted by Gasteiger charge is -2.23. The molecule has 1 rings (SSSR count). The van der Waals surface area contributed by atoms with Gasteiger partial charge in [0.15, 0.2) is 0 Å². The monoisotopic (exact) mass is 453 g/mol. The third kappa shape index (κ3) is 9.96. The van der Waals surface area contributed by atoms with Crippen molar-refractivity contribution >= 4 is 42.2 Å². The summed E-state index contributed by atoms with van der Waals surface area (Å²) in [6.07, 6.45) is -0.106. The van der Waals surface area contributed by atoms with E-state index in [0.717, 1.165) is 5.56 Å². The largest absolute Gasteiger partial charge is 0.480 e. The van der Waals surface area contributed by atoms with Gasteiger partial charge in [-0.2, -0.15) is 12.6 Å². The van der Waals surface area contributed by atoms with Gasteiger partial charge in [-0.05, 0) is 18.4 Å². The van der Waals surface area contributed by atoms with Crippen LogP contribution in [0.1, 0.15) is 18.4 Å². The van der Waals surface area contributed by atoms with Gasteiger partial charge >= 0.3 is 5.97 Å². The van der Waals surface area contributed by atoms with Gasteiger partial charge in [-0.25, -0.2) is 0 Å². The number of nitrogens with one attached hydrogen (secondary N) is 3. The number of carbonyl (C=O) groups excluding carboxylic acids is 4. The smallest absolute Gasteiger partial charge is 0.322 e. The molecule has 0 saturated carbocycles. The molecule has 0 aromatic heterocycles. The number of carbonyl (C=O) groups is 5. The molecule has 0 aliphatic carbocycles. The summed E-state index contributed by atoms with van der Waals surface area (Å²) >= 11 is 4.06. The molecule has 0 saturated heterocycles. The lowest BCUT2D eigenvalue weighted by atomic mass is 10.1. The molecule has 11 nitrogen and oxygen atoms in total. The van der Waals surface area contributed by atoms with Crippen molar-refractivity contribution in [3.63, 3.8) is 0 Å². The standard InChI is InChI=1S/C19H27N5O6S/c20-12(8-11-4-2-1-3-5-11)17(28)24-14(10-31)19(30)23-13(6-7-15(21)25)18(29)22-9-16(26)27/h1-5,12-14,31H,6-10,20H2,(H2,21,25)(H,22,29)(H,23,30)(H,24,28)(H,26,27). The topological polar surface area (TPSA) is 194 Å². The van der Waals surface area contributed by atoms with Crippen LogP contribution in [0.15, 0.2) is 30.3 Å². The maximum absolute atomic E-state index is 12.6.